The zero-order chi connectivity index (χ0) is 63.9. The van der Waals surface area contributed by atoms with Crippen molar-refractivity contribution in [1.82, 2.24) is 0 Å². The third-order valence-electron chi connectivity index (χ3n) is 16.9. The molecule has 0 radical (unpaired) electrons. The highest BCUT2D eigenvalue weighted by atomic mass is 16.6. The first-order valence-electron chi connectivity index (χ1n) is 34.6. The highest BCUT2D eigenvalue weighted by Gasteiger charge is 2.25. The van der Waals surface area contributed by atoms with Gasteiger partial charge in [0.1, 0.15) is 11.5 Å². The van der Waals surface area contributed by atoms with Gasteiger partial charge in [-0.2, -0.15) is 0 Å². The second-order valence-electron chi connectivity index (χ2n) is 24.1. The highest BCUT2D eigenvalue weighted by Crippen LogP contribution is 2.40. The molecule has 0 bridgehead atoms. The van der Waals surface area contributed by atoms with Crippen LogP contribution in [-0.4, -0.2) is 64.3 Å². The summed E-state index contributed by atoms with van der Waals surface area (Å²) in [5, 5.41) is 0. The summed E-state index contributed by atoms with van der Waals surface area (Å²) in [6, 6.07) is 41.1. The average Bonchev–Trinajstić information content (AvgIpc) is 3.70. The summed E-state index contributed by atoms with van der Waals surface area (Å²) < 4.78 is 55.1. The molecule has 0 spiro atoms. The Morgan fingerprint density at radius 1 is 0.396 bits per heavy atom. The Morgan fingerprint density at radius 2 is 0.824 bits per heavy atom. The van der Waals surface area contributed by atoms with Gasteiger partial charge in [-0.15, -0.1) is 0 Å². The third-order valence-corrected chi connectivity index (χ3v) is 16.9. The lowest BCUT2D eigenvalue weighted by Crippen LogP contribution is -2.21. The van der Waals surface area contributed by atoms with Gasteiger partial charge in [-0.25, -0.2) is 9.59 Å². The topological polar surface area (TPSA) is 117 Å². The van der Waals surface area contributed by atoms with Gasteiger partial charge in [0, 0.05) is 6.61 Å². The standard InChI is InChI=1S/C80H104O11/c1-6-11-14-25-53-85-70-42-33-62(34-43-70)65-31-30-32-69(58-65)79(81)90-77-60-67(40-49-75(77)88-57-29-22-21-24-52-84-10-5)68-41-50-76(89-56-28-20-18-17-19-23-51-83-9-4)78(61-68)91-80(82)74-59-66(63-35-44-71(45-36-63)86-54-26-15-12-7-2)39-48-73(74)64-37-46-72(47-38-64)87-55-27-16-13-8-3/h9-10,30-32,35-41,44-50,58-62,70H,4-8,11-29,33-34,42-43,51-57H2,1-3H3. The van der Waals surface area contributed by atoms with Gasteiger partial charge in [-0.3, -0.25) is 0 Å². The van der Waals surface area contributed by atoms with Crippen molar-refractivity contribution in [3.8, 4) is 67.9 Å². The predicted octanol–water partition coefficient (Wildman–Crippen LogP) is 21.6. The molecule has 0 aliphatic heterocycles. The van der Waals surface area contributed by atoms with Gasteiger partial charge in [0.05, 0.1) is 69.4 Å². The Morgan fingerprint density at radius 3 is 1.34 bits per heavy atom. The van der Waals surface area contributed by atoms with Gasteiger partial charge in [0.15, 0.2) is 23.0 Å². The van der Waals surface area contributed by atoms with Gasteiger partial charge >= 0.3 is 11.9 Å². The number of rotatable bonds is 46. The molecule has 0 amide bonds. The van der Waals surface area contributed by atoms with E-state index in [1.54, 1.807) is 0 Å². The van der Waals surface area contributed by atoms with Crippen LogP contribution in [0.15, 0.2) is 153 Å². The molecule has 11 nitrogen and oxygen atoms in total. The smallest absolute Gasteiger partial charge is 0.344 e. The number of carbonyl (C=O) groups is 2. The van der Waals surface area contributed by atoms with Gasteiger partial charge in [-0.05, 0) is 195 Å². The second kappa shape index (κ2) is 41.8. The van der Waals surface area contributed by atoms with E-state index >= 15 is 4.79 Å². The van der Waals surface area contributed by atoms with Crippen LogP contribution in [0, 0.1) is 0 Å². The quantitative estimate of drug-likeness (QED) is 0.0157. The molecule has 1 fully saturated rings. The summed E-state index contributed by atoms with van der Waals surface area (Å²) in [6.07, 6.45) is 30.8. The predicted molar refractivity (Wildman–Crippen MR) is 369 cm³/mol. The number of unbranched alkanes of at least 4 members (excludes halogenated alkanes) is 17. The van der Waals surface area contributed by atoms with Crippen LogP contribution < -0.4 is 28.4 Å². The van der Waals surface area contributed by atoms with E-state index in [0.29, 0.717) is 73.7 Å². The third kappa shape index (κ3) is 24.9. The number of hydrogen-bond acceptors (Lipinski definition) is 11. The molecule has 11 heteroatoms. The minimum atomic E-state index is -0.546. The molecule has 6 aromatic carbocycles. The second-order valence-corrected chi connectivity index (χ2v) is 24.1. The SMILES string of the molecule is C=COCCCCCCCCOc1ccc(-c2ccc(OCCCCCCOC=C)c(OC(=O)c3cccc(C4CCC(OCCCCCC)CC4)c3)c2)cc1OC(=O)c1cc(-c2ccc(OCCCCCC)cc2)ccc1-c1ccc(OCCCCCC)cc1. The molecule has 0 aromatic heterocycles. The van der Waals surface area contributed by atoms with Crippen molar-refractivity contribution in [3.63, 3.8) is 0 Å². The van der Waals surface area contributed by atoms with Crippen LogP contribution in [-0.2, 0) is 14.2 Å². The molecule has 0 atom stereocenters. The van der Waals surface area contributed by atoms with E-state index in [1.807, 2.05) is 121 Å². The zero-order valence-corrected chi connectivity index (χ0v) is 55.2. The van der Waals surface area contributed by atoms with Gasteiger partial charge in [0.25, 0.3) is 0 Å². The van der Waals surface area contributed by atoms with E-state index in [-0.39, 0.29) is 17.6 Å². The molecule has 0 heterocycles. The first-order valence-corrected chi connectivity index (χ1v) is 34.6. The number of hydrogen-bond donors (Lipinski definition) is 0. The molecular formula is C80H104O11. The molecule has 7 rings (SSSR count). The van der Waals surface area contributed by atoms with E-state index in [0.717, 1.165) is 180 Å². The number of ether oxygens (including phenoxy) is 9. The Kier molecular flexibility index (Phi) is 32.6. The number of esters is 2. The van der Waals surface area contributed by atoms with E-state index in [9.17, 15) is 4.79 Å². The summed E-state index contributed by atoms with van der Waals surface area (Å²) >= 11 is 0. The minimum absolute atomic E-state index is 0.259. The van der Waals surface area contributed by atoms with E-state index in [2.05, 4.69) is 40.0 Å². The minimum Gasteiger partial charge on any atom is -0.502 e. The lowest BCUT2D eigenvalue weighted by molar-refractivity contribution is 0.0226. The van der Waals surface area contributed by atoms with Gasteiger partial charge in [-0.1, -0.05) is 178 Å². The van der Waals surface area contributed by atoms with Crippen LogP contribution in [0.3, 0.4) is 0 Å². The lowest BCUT2D eigenvalue weighted by atomic mass is 9.82. The maximum atomic E-state index is 15.2. The fourth-order valence-electron chi connectivity index (χ4n) is 11.6. The molecule has 6 aromatic rings. The van der Waals surface area contributed by atoms with Crippen molar-refractivity contribution < 1.29 is 52.2 Å². The summed E-state index contributed by atoms with van der Waals surface area (Å²) in [5.74, 6) is 2.34. The van der Waals surface area contributed by atoms with Crippen molar-refractivity contribution in [3.05, 3.63) is 170 Å². The van der Waals surface area contributed by atoms with Crippen LogP contribution in [0.5, 0.6) is 34.5 Å². The summed E-state index contributed by atoms with van der Waals surface area (Å²) in [4.78, 5) is 29.6. The molecule has 91 heavy (non-hydrogen) atoms. The fraction of sp³-hybridized carbons (Fsp3) is 0.475. The maximum Gasteiger partial charge on any atom is 0.344 e. The fourth-order valence-corrected chi connectivity index (χ4v) is 11.6. The van der Waals surface area contributed by atoms with Crippen molar-refractivity contribution in [1.29, 1.82) is 0 Å². The van der Waals surface area contributed by atoms with Crippen LogP contribution in [0.2, 0.25) is 0 Å². The molecule has 490 valence electrons. The summed E-state index contributed by atoms with van der Waals surface area (Å²) in [7, 11) is 0. The molecule has 0 saturated heterocycles. The molecule has 0 unspecified atom stereocenters. The van der Waals surface area contributed by atoms with E-state index in [4.69, 9.17) is 42.6 Å². The molecule has 1 saturated carbocycles. The first kappa shape index (κ1) is 70.9. The van der Waals surface area contributed by atoms with Gasteiger partial charge < -0.3 is 42.6 Å². The van der Waals surface area contributed by atoms with Crippen LogP contribution in [0.25, 0.3) is 33.4 Å². The van der Waals surface area contributed by atoms with Crippen molar-refractivity contribution in [2.75, 3.05) is 46.2 Å². The average molecular weight is 1240 g/mol. The Balaban J connectivity index is 1.17. The number of benzene rings is 6. The summed E-state index contributed by atoms with van der Waals surface area (Å²) in [5.41, 5.74) is 6.78. The van der Waals surface area contributed by atoms with Crippen molar-refractivity contribution in [2.45, 2.75) is 200 Å². The largest absolute Gasteiger partial charge is 0.502 e. The zero-order valence-electron chi connectivity index (χ0n) is 55.2. The first-order chi connectivity index (χ1) is 44.8. The van der Waals surface area contributed by atoms with Crippen LogP contribution in [0.1, 0.15) is 220 Å². The monoisotopic (exact) mass is 1240 g/mol. The molecule has 1 aliphatic carbocycles. The molecule has 0 N–H and O–H groups in total. The number of carbonyl (C=O) groups excluding carboxylic acids is 2. The Hall–Kier alpha value is -7.50. The lowest BCUT2D eigenvalue weighted by Gasteiger charge is -2.29. The van der Waals surface area contributed by atoms with E-state index in [1.165, 1.54) is 51.0 Å². The summed E-state index contributed by atoms with van der Waals surface area (Å²) in [6.45, 7) is 18.3. The molecular weight excluding hydrogens is 1140 g/mol. The van der Waals surface area contributed by atoms with E-state index < -0.39 is 11.9 Å². The van der Waals surface area contributed by atoms with Crippen LogP contribution in [0.4, 0.5) is 0 Å². The van der Waals surface area contributed by atoms with Gasteiger partial charge in [0.2, 0.25) is 0 Å². The highest BCUT2D eigenvalue weighted by molar-refractivity contribution is 6.00. The van der Waals surface area contributed by atoms with Crippen LogP contribution >= 0.6 is 0 Å². The molecule has 1 aliphatic rings. The normalized spacial score (nSPS) is 13.7. The van der Waals surface area contributed by atoms with Crippen molar-refractivity contribution >= 4 is 11.9 Å². The Bertz CT molecular complexity index is 3050. The van der Waals surface area contributed by atoms with Crippen molar-refractivity contribution in [2.24, 2.45) is 0 Å². The Labute approximate surface area is 545 Å². The maximum absolute atomic E-state index is 15.2.